The van der Waals surface area contributed by atoms with Crippen molar-refractivity contribution in [3.8, 4) is 5.75 Å². The van der Waals surface area contributed by atoms with E-state index >= 15 is 0 Å². The van der Waals surface area contributed by atoms with Gasteiger partial charge in [-0.25, -0.2) is 9.37 Å². The van der Waals surface area contributed by atoms with E-state index in [2.05, 4.69) is 35.8 Å². The molecule has 5 rings (SSSR count). The summed E-state index contributed by atoms with van der Waals surface area (Å²) in [5.41, 5.74) is 2.76. The number of phenolic OH excluding ortho intramolecular Hbond substituents is 1. The first-order valence-electron chi connectivity index (χ1n) is 12.3. The van der Waals surface area contributed by atoms with Gasteiger partial charge >= 0.3 is 0 Å². The summed E-state index contributed by atoms with van der Waals surface area (Å²) in [5.74, 6) is -0.613. The number of pyridine rings is 1. The molecule has 3 heterocycles. The summed E-state index contributed by atoms with van der Waals surface area (Å²) < 4.78 is 19.5. The Labute approximate surface area is 233 Å². The highest BCUT2D eigenvalue weighted by molar-refractivity contribution is 6.34. The van der Waals surface area contributed by atoms with Gasteiger partial charge in [-0.05, 0) is 42.5 Å². The Morgan fingerprint density at radius 1 is 1.05 bits per heavy atom. The number of morpholine rings is 1. The fourth-order valence-corrected chi connectivity index (χ4v) is 4.15. The maximum absolute atomic E-state index is 14.2. The molecule has 0 spiro atoms. The molecule has 0 aliphatic carbocycles. The van der Waals surface area contributed by atoms with Gasteiger partial charge in [-0.3, -0.25) is 9.78 Å². The third kappa shape index (κ3) is 6.84. The number of anilines is 4. The van der Waals surface area contributed by atoms with Gasteiger partial charge in [-0.15, -0.1) is 5.11 Å². The number of amides is 1. The number of phenols is 1. The van der Waals surface area contributed by atoms with E-state index in [0.717, 1.165) is 6.20 Å². The molecule has 11 nitrogen and oxygen atoms in total. The largest absolute Gasteiger partial charge is 0.508 e. The molecule has 0 unspecified atom stereocenters. The van der Waals surface area contributed by atoms with Crippen LogP contribution in [0, 0.1) is 5.82 Å². The minimum atomic E-state index is -0.516. The second kappa shape index (κ2) is 12.5. The van der Waals surface area contributed by atoms with Crippen molar-refractivity contribution < 1.29 is 19.0 Å². The van der Waals surface area contributed by atoms with Crippen LogP contribution in [-0.4, -0.2) is 52.3 Å². The molecule has 0 atom stereocenters. The van der Waals surface area contributed by atoms with Crippen LogP contribution < -0.4 is 15.5 Å². The van der Waals surface area contributed by atoms with Crippen LogP contribution in [0.15, 0.2) is 77.2 Å². The van der Waals surface area contributed by atoms with Gasteiger partial charge < -0.3 is 25.4 Å². The van der Waals surface area contributed by atoms with Gasteiger partial charge in [-0.2, -0.15) is 10.1 Å². The van der Waals surface area contributed by atoms with Crippen molar-refractivity contribution in [1.29, 1.82) is 0 Å². The molecular weight excluding hydrogens is 539 g/mol. The first kappa shape index (κ1) is 26.9. The second-order valence-corrected chi connectivity index (χ2v) is 9.11. The summed E-state index contributed by atoms with van der Waals surface area (Å²) in [4.78, 5) is 26.8. The van der Waals surface area contributed by atoms with Gasteiger partial charge in [0.15, 0.2) is 11.6 Å². The van der Waals surface area contributed by atoms with E-state index < -0.39 is 11.7 Å². The van der Waals surface area contributed by atoms with Crippen molar-refractivity contribution in [1.82, 2.24) is 15.0 Å². The number of carbonyl (C=O) groups excluding carboxylic acids is 1. The summed E-state index contributed by atoms with van der Waals surface area (Å²) in [6.45, 7) is 2.28. The van der Waals surface area contributed by atoms with Crippen molar-refractivity contribution >= 4 is 46.3 Å². The van der Waals surface area contributed by atoms with Gasteiger partial charge in [0.05, 0.1) is 47.6 Å². The molecule has 3 N–H and O–H groups in total. The number of aromatic nitrogens is 3. The smallest absolute Gasteiger partial charge is 0.270 e. The van der Waals surface area contributed by atoms with Crippen LogP contribution in [0.3, 0.4) is 0 Å². The van der Waals surface area contributed by atoms with Crippen LogP contribution in [0.1, 0.15) is 16.1 Å². The molecule has 1 aliphatic rings. The molecule has 2 aromatic carbocycles. The van der Waals surface area contributed by atoms with Gasteiger partial charge in [0.1, 0.15) is 12.3 Å². The fraction of sp³-hybridized carbons (Fsp3) is 0.185. The second-order valence-electron chi connectivity index (χ2n) is 8.70. The summed E-state index contributed by atoms with van der Waals surface area (Å²) in [6.07, 6.45) is 2.72. The number of aromatic hydroxyl groups is 1. The van der Waals surface area contributed by atoms with E-state index in [9.17, 15) is 14.3 Å². The van der Waals surface area contributed by atoms with Crippen LogP contribution in [0.2, 0.25) is 5.02 Å². The quantitative estimate of drug-likeness (QED) is 0.240. The maximum Gasteiger partial charge on any atom is 0.270 e. The number of rotatable bonds is 8. The molecule has 1 fully saturated rings. The van der Waals surface area contributed by atoms with E-state index in [-0.39, 0.29) is 34.6 Å². The van der Waals surface area contributed by atoms with Crippen molar-refractivity contribution in [3.05, 3.63) is 89.1 Å². The highest BCUT2D eigenvalue weighted by atomic mass is 35.5. The normalized spacial score (nSPS) is 13.4. The number of nitrogens with zero attached hydrogens (tertiary/aromatic N) is 6. The SMILES string of the molecule is O=C(Nc1cccc(O)c1)c1ccc(Nc2ccc(CN=Nc3ncc(F)c(N4CCOCC4)n3)nc2)cc1Cl. The Hall–Kier alpha value is -4.68. The molecule has 204 valence electrons. The summed E-state index contributed by atoms with van der Waals surface area (Å²) >= 11 is 6.36. The molecule has 0 saturated carbocycles. The van der Waals surface area contributed by atoms with E-state index in [0.29, 0.717) is 49.1 Å². The number of ether oxygens (including phenoxy) is 1. The van der Waals surface area contributed by atoms with E-state index in [4.69, 9.17) is 16.3 Å². The number of benzene rings is 2. The lowest BCUT2D eigenvalue weighted by molar-refractivity contribution is 0.102. The summed E-state index contributed by atoms with van der Waals surface area (Å²) in [6, 6.07) is 14.8. The molecule has 13 heteroatoms. The van der Waals surface area contributed by atoms with Gasteiger partial charge in [0.25, 0.3) is 11.9 Å². The van der Waals surface area contributed by atoms with Gasteiger partial charge in [0, 0.05) is 30.5 Å². The standard InChI is InChI=1S/C27H24ClFN8O3/c28-23-13-18(6-7-22(23)26(39)34-17-2-1-3-21(38)12-17)33-20-5-4-19(30-14-20)15-32-36-27-31-16-24(29)25(35-27)37-8-10-40-11-9-37/h1-7,12-14,16,33,38H,8-11,15H2,(H,34,39). The molecule has 1 saturated heterocycles. The van der Waals surface area contributed by atoms with Crippen LogP contribution in [0.5, 0.6) is 5.75 Å². The van der Waals surface area contributed by atoms with Crippen molar-refractivity contribution in [2.45, 2.75) is 6.54 Å². The number of hydrogen-bond donors (Lipinski definition) is 3. The maximum atomic E-state index is 14.2. The zero-order chi connectivity index (χ0) is 27.9. The first-order valence-corrected chi connectivity index (χ1v) is 12.7. The summed E-state index contributed by atoms with van der Waals surface area (Å²) in [7, 11) is 0. The number of hydrogen-bond acceptors (Lipinski definition) is 10. The number of carbonyl (C=O) groups is 1. The number of nitrogens with one attached hydrogen (secondary N) is 2. The lowest BCUT2D eigenvalue weighted by Crippen LogP contribution is -2.37. The first-order chi connectivity index (χ1) is 19.4. The predicted molar refractivity (Wildman–Crippen MR) is 148 cm³/mol. The zero-order valence-electron chi connectivity index (χ0n) is 21.1. The zero-order valence-corrected chi connectivity index (χ0v) is 21.8. The Balaban J connectivity index is 1.17. The van der Waals surface area contributed by atoms with Gasteiger partial charge in [-0.1, -0.05) is 17.7 Å². The molecule has 4 aromatic rings. The Bertz CT molecular complexity index is 1530. The van der Waals surface area contributed by atoms with Crippen molar-refractivity contribution in [2.24, 2.45) is 10.2 Å². The monoisotopic (exact) mass is 562 g/mol. The van der Waals surface area contributed by atoms with E-state index in [1.54, 1.807) is 47.5 Å². The molecule has 40 heavy (non-hydrogen) atoms. The molecule has 0 bridgehead atoms. The average molecular weight is 563 g/mol. The number of azo groups is 1. The van der Waals surface area contributed by atoms with Crippen molar-refractivity contribution in [3.63, 3.8) is 0 Å². The third-order valence-electron chi connectivity index (χ3n) is 5.85. The van der Waals surface area contributed by atoms with E-state index in [1.165, 1.54) is 12.1 Å². The molecule has 1 aliphatic heterocycles. The number of halogens is 2. The van der Waals surface area contributed by atoms with Crippen LogP contribution in [0.4, 0.5) is 33.2 Å². The highest BCUT2D eigenvalue weighted by Gasteiger charge is 2.18. The molecule has 1 amide bonds. The predicted octanol–water partition coefficient (Wildman–Crippen LogP) is 5.49. The lowest BCUT2D eigenvalue weighted by atomic mass is 10.1. The highest BCUT2D eigenvalue weighted by Crippen LogP contribution is 2.25. The van der Waals surface area contributed by atoms with Crippen molar-refractivity contribution in [2.75, 3.05) is 41.8 Å². The average Bonchev–Trinajstić information content (AvgIpc) is 2.95. The summed E-state index contributed by atoms with van der Waals surface area (Å²) in [5, 5.41) is 23.8. The van der Waals surface area contributed by atoms with E-state index in [1.807, 2.05) is 6.07 Å². The molecular formula is C27H24ClFN8O3. The fourth-order valence-electron chi connectivity index (χ4n) is 3.88. The topological polar surface area (TPSA) is 137 Å². The third-order valence-corrected chi connectivity index (χ3v) is 6.16. The lowest BCUT2D eigenvalue weighted by Gasteiger charge is -2.27. The van der Waals surface area contributed by atoms with Gasteiger partial charge in [0.2, 0.25) is 0 Å². The van der Waals surface area contributed by atoms with Crippen LogP contribution in [0.25, 0.3) is 0 Å². The minimum absolute atomic E-state index is 0.0473. The Morgan fingerprint density at radius 2 is 1.88 bits per heavy atom. The minimum Gasteiger partial charge on any atom is -0.508 e. The van der Waals surface area contributed by atoms with Crippen LogP contribution >= 0.6 is 11.6 Å². The molecule has 2 aromatic heterocycles. The molecule has 0 radical (unpaired) electrons. The Morgan fingerprint density at radius 3 is 2.62 bits per heavy atom. The Kier molecular flexibility index (Phi) is 8.38. The van der Waals surface area contributed by atoms with Crippen LogP contribution in [-0.2, 0) is 11.3 Å².